The number of pyridine rings is 1. The molecule has 2 rings (SSSR count). The highest BCUT2D eigenvalue weighted by Gasteiger charge is 2.25. The fourth-order valence-electron chi connectivity index (χ4n) is 2.55. The Morgan fingerprint density at radius 1 is 1.14 bits per heavy atom. The maximum absolute atomic E-state index is 12.4. The Labute approximate surface area is 177 Å². The van der Waals surface area contributed by atoms with Crippen molar-refractivity contribution in [2.45, 2.75) is 40.7 Å². The van der Waals surface area contributed by atoms with E-state index in [9.17, 15) is 14.4 Å². The number of aromatic amines is 1. The number of ether oxygens (including phenoxy) is 2. The standard InChI is InChI=1S/C19H21Cl2N3O5/c1-8(2)29-18(26)15-9(3)16(22-11(15)5)19(27)28-7-14(25)24-17-13(21)6-12(20)10(4)23-17/h6,8,22H,7H2,1-5H3,(H,23,24,25). The number of halogens is 2. The van der Waals surface area contributed by atoms with Crippen LogP contribution >= 0.6 is 23.2 Å². The van der Waals surface area contributed by atoms with Gasteiger partial charge in [0.25, 0.3) is 5.91 Å². The van der Waals surface area contributed by atoms with Crippen LogP contribution in [0, 0.1) is 20.8 Å². The van der Waals surface area contributed by atoms with Crippen LogP contribution in [0.4, 0.5) is 5.82 Å². The quantitative estimate of drug-likeness (QED) is 0.655. The summed E-state index contributed by atoms with van der Waals surface area (Å²) in [6.45, 7) is 7.79. The number of esters is 2. The number of carbonyl (C=O) groups is 3. The predicted molar refractivity (Wildman–Crippen MR) is 109 cm³/mol. The van der Waals surface area contributed by atoms with Gasteiger partial charge in [-0.15, -0.1) is 0 Å². The van der Waals surface area contributed by atoms with Gasteiger partial charge in [-0.25, -0.2) is 14.6 Å². The number of amides is 1. The summed E-state index contributed by atoms with van der Waals surface area (Å²) in [6.07, 6.45) is -0.299. The van der Waals surface area contributed by atoms with E-state index in [1.807, 2.05) is 0 Å². The maximum atomic E-state index is 12.4. The normalized spacial score (nSPS) is 10.8. The second-order valence-corrected chi connectivity index (χ2v) is 7.40. The Morgan fingerprint density at radius 2 is 1.79 bits per heavy atom. The van der Waals surface area contributed by atoms with Crippen LogP contribution in [0.2, 0.25) is 10.0 Å². The fraction of sp³-hybridized carbons (Fsp3) is 0.368. The topological polar surface area (TPSA) is 110 Å². The average Bonchev–Trinajstić information content (AvgIpc) is 2.91. The lowest BCUT2D eigenvalue weighted by atomic mass is 10.1. The van der Waals surface area contributed by atoms with E-state index in [1.54, 1.807) is 34.6 Å². The Kier molecular flexibility index (Phi) is 7.26. The molecule has 0 aromatic carbocycles. The van der Waals surface area contributed by atoms with Crippen molar-refractivity contribution in [3.8, 4) is 0 Å². The van der Waals surface area contributed by atoms with Gasteiger partial charge in [0, 0.05) is 5.69 Å². The Bertz CT molecular complexity index is 969. The van der Waals surface area contributed by atoms with Crippen LogP contribution in [0.25, 0.3) is 0 Å². The molecular weight excluding hydrogens is 421 g/mol. The van der Waals surface area contributed by atoms with Gasteiger partial charge in [-0.05, 0) is 46.2 Å². The molecule has 8 nitrogen and oxygen atoms in total. The number of aryl methyl sites for hydroxylation is 2. The number of aromatic nitrogens is 2. The molecule has 0 aliphatic carbocycles. The molecule has 0 aliphatic rings. The molecule has 0 saturated heterocycles. The number of nitrogens with one attached hydrogen (secondary N) is 2. The van der Waals surface area contributed by atoms with Gasteiger partial charge < -0.3 is 19.8 Å². The van der Waals surface area contributed by atoms with Gasteiger partial charge >= 0.3 is 11.9 Å². The van der Waals surface area contributed by atoms with Crippen LogP contribution < -0.4 is 5.32 Å². The molecule has 0 saturated carbocycles. The van der Waals surface area contributed by atoms with Crippen molar-refractivity contribution in [3.05, 3.63) is 44.3 Å². The van der Waals surface area contributed by atoms with Gasteiger partial charge in [0.2, 0.25) is 0 Å². The van der Waals surface area contributed by atoms with Gasteiger partial charge in [-0.2, -0.15) is 0 Å². The minimum absolute atomic E-state index is 0.0736. The molecule has 0 unspecified atom stereocenters. The zero-order chi connectivity index (χ0) is 21.9. The molecule has 1 amide bonds. The first-order valence-corrected chi connectivity index (χ1v) is 9.46. The Balaban J connectivity index is 2.05. The van der Waals surface area contributed by atoms with E-state index in [0.29, 0.717) is 22.0 Å². The Hall–Kier alpha value is -2.58. The lowest BCUT2D eigenvalue weighted by Gasteiger charge is -2.09. The van der Waals surface area contributed by atoms with Crippen LogP contribution in [0.3, 0.4) is 0 Å². The molecule has 2 N–H and O–H groups in total. The first kappa shape index (κ1) is 22.7. The average molecular weight is 442 g/mol. The highest BCUT2D eigenvalue weighted by atomic mass is 35.5. The third kappa shape index (κ3) is 5.48. The van der Waals surface area contributed by atoms with Gasteiger partial charge in [0.1, 0.15) is 5.69 Å². The van der Waals surface area contributed by atoms with E-state index in [-0.39, 0.29) is 28.2 Å². The molecular formula is C19H21Cl2N3O5. The molecule has 156 valence electrons. The van der Waals surface area contributed by atoms with Crippen LogP contribution in [-0.4, -0.2) is 40.5 Å². The predicted octanol–water partition coefficient (Wildman–Crippen LogP) is 4.00. The molecule has 2 heterocycles. The molecule has 0 fully saturated rings. The van der Waals surface area contributed by atoms with E-state index in [1.165, 1.54) is 6.07 Å². The first-order valence-electron chi connectivity index (χ1n) is 8.71. The molecule has 10 heteroatoms. The lowest BCUT2D eigenvalue weighted by molar-refractivity contribution is -0.119. The summed E-state index contributed by atoms with van der Waals surface area (Å²) in [6, 6.07) is 1.45. The molecule has 2 aromatic rings. The van der Waals surface area contributed by atoms with Crippen molar-refractivity contribution in [3.63, 3.8) is 0 Å². The molecule has 0 bridgehead atoms. The first-order chi connectivity index (χ1) is 13.5. The molecule has 0 radical (unpaired) electrons. The van der Waals surface area contributed by atoms with Gasteiger partial charge in [-0.3, -0.25) is 4.79 Å². The molecule has 0 spiro atoms. The third-order valence-corrected chi connectivity index (χ3v) is 4.56. The van der Waals surface area contributed by atoms with E-state index >= 15 is 0 Å². The van der Waals surface area contributed by atoms with Gasteiger partial charge in [0.05, 0.1) is 27.4 Å². The summed E-state index contributed by atoms with van der Waals surface area (Å²) in [4.78, 5) is 43.5. The molecule has 0 atom stereocenters. The number of rotatable bonds is 6. The monoisotopic (exact) mass is 441 g/mol. The number of hydrogen-bond donors (Lipinski definition) is 2. The largest absolute Gasteiger partial charge is 0.459 e. The van der Waals surface area contributed by atoms with Crippen molar-refractivity contribution in [2.75, 3.05) is 11.9 Å². The summed E-state index contributed by atoms with van der Waals surface area (Å²) in [5.74, 6) is -1.84. The minimum atomic E-state index is -0.782. The van der Waals surface area contributed by atoms with Crippen molar-refractivity contribution in [1.29, 1.82) is 0 Å². The smallest absolute Gasteiger partial charge is 0.355 e. The number of H-pyrrole nitrogens is 1. The fourth-order valence-corrected chi connectivity index (χ4v) is 2.96. The lowest BCUT2D eigenvalue weighted by Crippen LogP contribution is -2.22. The minimum Gasteiger partial charge on any atom is -0.459 e. The summed E-state index contributed by atoms with van der Waals surface area (Å²) >= 11 is 11.9. The van der Waals surface area contributed by atoms with Crippen molar-refractivity contribution >= 4 is 46.9 Å². The highest BCUT2D eigenvalue weighted by molar-refractivity contribution is 6.36. The summed E-state index contributed by atoms with van der Waals surface area (Å²) in [5, 5.41) is 2.98. The summed E-state index contributed by atoms with van der Waals surface area (Å²) in [5.41, 5.74) is 1.68. The highest BCUT2D eigenvalue weighted by Crippen LogP contribution is 2.25. The van der Waals surface area contributed by atoms with E-state index in [2.05, 4.69) is 15.3 Å². The van der Waals surface area contributed by atoms with E-state index < -0.39 is 24.5 Å². The summed E-state index contributed by atoms with van der Waals surface area (Å²) < 4.78 is 10.2. The van der Waals surface area contributed by atoms with Crippen molar-refractivity contribution in [2.24, 2.45) is 0 Å². The molecule has 29 heavy (non-hydrogen) atoms. The third-order valence-electron chi connectivity index (χ3n) is 3.89. The Morgan fingerprint density at radius 3 is 2.41 bits per heavy atom. The van der Waals surface area contributed by atoms with Gasteiger partial charge in [-0.1, -0.05) is 23.2 Å². The number of hydrogen-bond acceptors (Lipinski definition) is 6. The maximum Gasteiger partial charge on any atom is 0.355 e. The number of carbonyl (C=O) groups excluding carboxylic acids is 3. The zero-order valence-corrected chi connectivity index (χ0v) is 18.1. The van der Waals surface area contributed by atoms with Crippen LogP contribution in [0.15, 0.2) is 6.07 Å². The van der Waals surface area contributed by atoms with Gasteiger partial charge in [0.15, 0.2) is 12.4 Å². The second-order valence-electron chi connectivity index (χ2n) is 6.59. The number of anilines is 1. The molecule has 2 aromatic heterocycles. The zero-order valence-electron chi connectivity index (χ0n) is 16.6. The summed E-state index contributed by atoms with van der Waals surface area (Å²) in [7, 11) is 0. The van der Waals surface area contributed by atoms with Crippen molar-refractivity contribution < 1.29 is 23.9 Å². The van der Waals surface area contributed by atoms with Crippen LogP contribution in [-0.2, 0) is 14.3 Å². The SMILES string of the molecule is Cc1nc(NC(=O)COC(=O)c2[nH]c(C)c(C(=O)OC(C)C)c2C)c(Cl)cc1Cl. The second kappa shape index (κ2) is 9.28. The van der Waals surface area contributed by atoms with Crippen LogP contribution in [0.5, 0.6) is 0 Å². The van der Waals surface area contributed by atoms with E-state index in [4.69, 9.17) is 32.7 Å². The van der Waals surface area contributed by atoms with E-state index in [0.717, 1.165) is 0 Å². The van der Waals surface area contributed by atoms with Crippen LogP contribution in [0.1, 0.15) is 51.6 Å². The van der Waals surface area contributed by atoms with Crippen molar-refractivity contribution in [1.82, 2.24) is 9.97 Å². The molecule has 0 aliphatic heterocycles. The number of nitrogens with zero attached hydrogens (tertiary/aromatic N) is 1.